The second-order valence-electron chi connectivity index (χ2n) is 2.97. The van der Waals surface area contributed by atoms with Gasteiger partial charge in [-0.3, -0.25) is 0 Å². The highest BCUT2D eigenvalue weighted by Crippen LogP contribution is 2.17. The monoisotopic (exact) mass is 208 g/mol. The molecule has 5 heteroatoms. The molecule has 2 heterocycles. The van der Waals surface area contributed by atoms with Crippen LogP contribution in [0.5, 0.6) is 0 Å². The molecule has 0 aliphatic heterocycles. The smallest absolute Gasteiger partial charge is 0.180 e. The minimum absolute atomic E-state index is 0.620. The molecular formula is C9H12N4S. The van der Waals surface area contributed by atoms with Crippen LogP contribution in [0.25, 0.3) is 0 Å². The van der Waals surface area contributed by atoms with E-state index in [4.69, 9.17) is 5.73 Å². The molecule has 0 saturated heterocycles. The Morgan fingerprint density at radius 3 is 3.00 bits per heavy atom. The van der Waals surface area contributed by atoms with Gasteiger partial charge >= 0.3 is 0 Å². The predicted molar refractivity (Wildman–Crippen MR) is 57.2 cm³/mol. The summed E-state index contributed by atoms with van der Waals surface area (Å²) in [5.41, 5.74) is 5.56. The molecule has 0 saturated carbocycles. The van der Waals surface area contributed by atoms with Gasteiger partial charge in [-0.15, -0.1) is 11.3 Å². The molecule has 0 unspecified atom stereocenters. The fourth-order valence-corrected chi connectivity index (χ4v) is 2.04. The van der Waals surface area contributed by atoms with E-state index in [1.54, 1.807) is 0 Å². The second-order valence-corrected chi connectivity index (χ2v) is 4.12. The van der Waals surface area contributed by atoms with Crippen LogP contribution < -0.4 is 5.73 Å². The van der Waals surface area contributed by atoms with Crippen molar-refractivity contribution in [3.8, 4) is 0 Å². The number of nitrogens with two attached hydrogens (primary N) is 1. The molecule has 0 atom stereocenters. The van der Waals surface area contributed by atoms with Gasteiger partial charge in [-0.25, -0.2) is 9.97 Å². The lowest BCUT2D eigenvalue weighted by Gasteiger charge is -2.01. The summed E-state index contributed by atoms with van der Waals surface area (Å²) in [4.78, 5) is 9.46. The number of nitrogen functional groups attached to an aromatic ring is 1. The number of anilines is 1. The third-order valence-corrected chi connectivity index (χ3v) is 2.87. The lowest BCUT2D eigenvalue weighted by atomic mass is 10.3. The first-order chi connectivity index (χ1) is 6.79. The summed E-state index contributed by atoms with van der Waals surface area (Å²) >= 11 is 1.52. The number of aromatic nitrogens is 3. The Morgan fingerprint density at radius 1 is 1.50 bits per heavy atom. The molecule has 2 aromatic rings. The maximum atomic E-state index is 5.56. The average Bonchev–Trinajstić information content (AvgIpc) is 2.76. The van der Waals surface area contributed by atoms with Crippen LogP contribution in [0.15, 0.2) is 18.6 Å². The van der Waals surface area contributed by atoms with Gasteiger partial charge < -0.3 is 10.3 Å². The van der Waals surface area contributed by atoms with Gasteiger partial charge in [0.05, 0.1) is 0 Å². The van der Waals surface area contributed by atoms with Gasteiger partial charge in [0.2, 0.25) is 0 Å². The molecule has 0 bridgehead atoms. The maximum absolute atomic E-state index is 5.56. The van der Waals surface area contributed by atoms with E-state index in [0.717, 1.165) is 23.7 Å². The highest BCUT2D eigenvalue weighted by molar-refractivity contribution is 7.15. The Hall–Kier alpha value is -1.36. The zero-order valence-corrected chi connectivity index (χ0v) is 8.79. The first-order valence-electron chi connectivity index (χ1n) is 4.49. The number of imidazole rings is 1. The summed E-state index contributed by atoms with van der Waals surface area (Å²) < 4.78 is 2.12. The van der Waals surface area contributed by atoms with Crippen molar-refractivity contribution in [2.24, 2.45) is 0 Å². The van der Waals surface area contributed by atoms with E-state index >= 15 is 0 Å². The van der Waals surface area contributed by atoms with E-state index in [-0.39, 0.29) is 0 Å². The molecular weight excluding hydrogens is 196 g/mol. The van der Waals surface area contributed by atoms with E-state index in [1.165, 1.54) is 11.3 Å². The Morgan fingerprint density at radius 2 is 2.36 bits per heavy atom. The van der Waals surface area contributed by atoms with Gasteiger partial charge in [-0.1, -0.05) is 0 Å². The van der Waals surface area contributed by atoms with Crippen LogP contribution >= 0.6 is 11.3 Å². The van der Waals surface area contributed by atoms with Crippen LogP contribution in [0, 0.1) is 0 Å². The van der Waals surface area contributed by atoms with Crippen molar-refractivity contribution in [2.45, 2.75) is 19.9 Å². The topological polar surface area (TPSA) is 56.7 Å². The molecule has 0 radical (unpaired) electrons. The Kier molecular flexibility index (Phi) is 2.49. The molecule has 2 aromatic heterocycles. The first-order valence-corrected chi connectivity index (χ1v) is 5.31. The van der Waals surface area contributed by atoms with E-state index in [9.17, 15) is 0 Å². The molecule has 4 nitrogen and oxygen atoms in total. The molecule has 74 valence electrons. The lowest BCUT2D eigenvalue weighted by Crippen LogP contribution is -2.00. The minimum atomic E-state index is 0.620. The summed E-state index contributed by atoms with van der Waals surface area (Å²) in [7, 11) is 0. The molecule has 14 heavy (non-hydrogen) atoms. The highest BCUT2D eigenvalue weighted by Gasteiger charge is 2.05. The number of hydrogen-bond acceptors (Lipinski definition) is 4. The normalized spacial score (nSPS) is 10.6. The molecule has 0 spiro atoms. The van der Waals surface area contributed by atoms with Crippen LogP contribution in [0.4, 0.5) is 5.13 Å². The molecule has 2 N–H and O–H groups in total. The van der Waals surface area contributed by atoms with E-state index in [0.29, 0.717) is 5.13 Å². The van der Waals surface area contributed by atoms with Crippen LogP contribution in [0.1, 0.15) is 17.6 Å². The number of rotatable bonds is 3. The van der Waals surface area contributed by atoms with Crippen molar-refractivity contribution in [2.75, 3.05) is 5.73 Å². The third-order valence-electron chi connectivity index (χ3n) is 2.05. The number of thiazole rings is 1. The quantitative estimate of drug-likeness (QED) is 0.832. The Labute approximate surface area is 86.4 Å². The van der Waals surface area contributed by atoms with Gasteiger partial charge in [-0.05, 0) is 6.92 Å². The van der Waals surface area contributed by atoms with E-state index < -0.39 is 0 Å². The number of aryl methyl sites for hydroxylation is 1. The van der Waals surface area contributed by atoms with Crippen LogP contribution in [0.2, 0.25) is 0 Å². The van der Waals surface area contributed by atoms with Crippen molar-refractivity contribution in [3.05, 3.63) is 29.3 Å². The standard InChI is InChI=1S/C9H12N4S/c1-2-13-4-3-11-8(13)5-7-6-12-9(10)14-7/h3-4,6H,2,5H2,1H3,(H2,10,12). The molecule has 0 aliphatic rings. The summed E-state index contributed by atoms with van der Waals surface area (Å²) in [6.45, 7) is 3.05. The van der Waals surface area contributed by atoms with Gasteiger partial charge in [0, 0.05) is 36.4 Å². The predicted octanol–water partition coefficient (Wildman–Crippen LogP) is 1.53. The molecule has 0 fully saturated rings. The number of nitrogens with zero attached hydrogens (tertiary/aromatic N) is 3. The third kappa shape index (κ3) is 1.77. The Bertz CT molecular complexity index is 418. The minimum Gasteiger partial charge on any atom is -0.375 e. The lowest BCUT2D eigenvalue weighted by molar-refractivity contribution is 0.714. The highest BCUT2D eigenvalue weighted by atomic mass is 32.1. The molecule has 0 aliphatic carbocycles. The van der Waals surface area contributed by atoms with Crippen molar-refractivity contribution in [3.63, 3.8) is 0 Å². The summed E-state index contributed by atoms with van der Waals surface area (Å²) in [6, 6.07) is 0. The van der Waals surface area contributed by atoms with Crippen LogP contribution in [-0.2, 0) is 13.0 Å². The van der Waals surface area contributed by atoms with Crippen molar-refractivity contribution in [1.29, 1.82) is 0 Å². The van der Waals surface area contributed by atoms with Gasteiger partial charge in [0.15, 0.2) is 5.13 Å². The summed E-state index contributed by atoms with van der Waals surface area (Å²) in [6.07, 6.45) is 6.44. The fraction of sp³-hybridized carbons (Fsp3) is 0.333. The summed E-state index contributed by atoms with van der Waals surface area (Å²) in [5, 5.41) is 0.620. The fourth-order valence-electron chi connectivity index (χ4n) is 1.36. The van der Waals surface area contributed by atoms with E-state index in [2.05, 4.69) is 21.5 Å². The first kappa shape index (κ1) is 9.21. The van der Waals surface area contributed by atoms with Gasteiger partial charge in [0.25, 0.3) is 0 Å². The summed E-state index contributed by atoms with van der Waals surface area (Å²) in [5.74, 6) is 1.07. The zero-order valence-electron chi connectivity index (χ0n) is 7.97. The largest absolute Gasteiger partial charge is 0.375 e. The SMILES string of the molecule is CCn1ccnc1Cc1cnc(N)s1. The van der Waals surface area contributed by atoms with Crippen molar-refractivity contribution in [1.82, 2.24) is 14.5 Å². The van der Waals surface area contributed by atoms with Crippen LogP contribution in [0.3, 0.4) is 0 Å². The van der Waals surface area contributed by atoms with Crippen molar-refractivity contribution >= 4 is 16.5 Å². The Balaban J connectivity index is 2.18. The van der Waals surface area contributed by atoms with Gasteiger partial charge in [0.1, 0.15) is 5.82 Å². The average molecular weight is 208 g/mol. The zero-order chi connectivity index (χ0) is 9.97. The van der Waals surface area contributed by atoms with Crippen molar-refractivity contribution < 1.29 is 0 Å². The van der Waals surface area contributed by atoms with Gasteiger partial charge in [-0.2, -0.15) is 0 Å². The van der Waals surface area contributed by atoms with E-state index in [1.807, 2.05) is 18.6 Å². The molecule has 0 amide bonds. The molecule has 0 aromatic carbocycles. The second kappa shape index (κ2) is 3.79. The molecule has 2 rings (SSSR count). The maximum Gasteiger partial charge on any atom is 0.180 e. The number of hydrogen-bond donors (Lipinski definition) is 1. The van der Waals surface area contributed by atoms with Crippen LogP contribution in [-0.4, -0.2) is 14.5 Å².